The Hall–Kier alpha value is -4.51. The lowest BCUT2D eigenvalue weighted by Gasteiger charge is -2.27. The number of barbiturate groups is 1. The van der Waals surface area contributed by atoms with E-state index in [9.17, 15) is 32.3 Å². The second-order valence-electron chi connectivity index (χ2n) is 7.85. The summed E-state index contributed by atoms with van der Waals surface area (Å²) >= 11 is 3.26. The molecular weight excluding hydrogens is 569 g/mol. The van der Waals surface area contributed by atoms with Gasteiger partial charge in [0, 0.05) is 16.1 Å². The zero-order chi connectivity index (χ0) is 27.4. The molecule has 11 heteroatoms. The van der Waals surface area contributed by atoms with Crippen molar-refractivity contribution < 1.29 is 37.1 Å². The first-order valence-corrected chi connectivity index (χ1v) is 11.7. The van der Waals surface area contributed by atoms with E-state index in [1.54, 1.807) is 30.3 Å². The van der Waals surface area contributed by atoms with Gasteiger partial charge >= 0.3 is 18.2 Å². The number of urea groups is 1. The lowest BCUT2D eigenvalue weighted by Crippen LogP contribution is -2.54. The van der Waals surface area contributed by atoms with Crippen molar-refractivity contribution in [3.8, 4) is 5.75 Å². The maximum atomic E-state index is 13.2. The van der Waals surface area contributed by atoms with E-state index in [1.165, 1.54) is 24.3 Å². The number of esters is 1. The lowest BCUT2D eigenvalue weighted by atomic mass is 10.1. The van der Waals surface area contributed by atoms with E-state index in [0.29, 0.717) is 15.4 Å². The van der Waals surface area contributed by atoms with Gasteiger partial charge in [-0.1, -0.05) is 52.3 Å². The second kappa shape index (κ2) is 10.9. The van der Waals surface area contributed by atoms with Gasteiger partial charge in [0.2, 0.25) is 0 Å². The first-order chi connectivity index (χ1) is 18.0. The van der Waals surface area contributed by atoms with Gasteiger partial charge in [-0.05, 0) is 54.1 Å². The number of carbonyl (C=O) groups is 4. The van der Waals surface area contributed by atoms with E-state index >= 15 is 0 Å². The number of benzene rings is 3. The van der Waals surface area contributed by atoms with Crippen molar-refractivity contribution in [2.75, 3.05) is 4.90 Å². The Morgan fingerprint density at radius 1 is 0.947 bits per heavy atom. The molecule has 192 valence electrons. The van der Waals surface area contributed by atoms with E-state index in [4.69, 9.17) is 4.74 Å². The molecule has 0 aromatic heterocycles. The van der Waals surface area contributed by atoms with Crippen LogP contribution in [-0.2, 0) is 20.6 Å². The van der Waals surface area contributed by atoms with Crippen LogP contribution >= 0.6 is 15.9 Å². The third-order valence-electron chi connectivity index (χ3n) is 5.23. The maximum absolute atomic E-state index is 13.2. The van der Waals surface area contributed by atoms with Gasteiger partial charge in [0.15, 0.2) is 0 Å². The predicted molar refractivity (Wildman–Crippen MR) is 136 cm³/mol. The number of hydrogen-bond acceptors (Lipinski definition) is 5. The van der Waals surface area contributed by atoms with E-state index < -0.39 is 41.1 Å². The summed E-state index contributed by atoms with van der Waals surface area (Å²) in [6.07, 6.45) is -0.903. The molecule has 4 rings (SSSR count). The molecule has 4 amide bonds. The molecule has 3 aromatic carbocycles. The van der Waals surface area contributed by atoms with Gasteiger partial charge in [-0.15, -0.1) is 0 Å². The molecule has 3 aromatic rings. The molecule has 0 spiro atoms. The van der Waals surface area contributed by atoms with Crippen molar-refractivity contribution in [1.29, 1.82) is 0 Å². The molecule has 0 radical (unpaired) electrons. The molecule has 1 heterocycles. The van der Waals surface area contributed by atoms with Crippen molar-refractivity contribution in [1.82, 2.24) is 5.32 Å². The number of alkyl halides is 3. The molecule has 38 heavy (non-hydrogen) atoms. The van der Waals surface area contributed by atoms with Gasteiger partial charge in [-0.3, -0.25) is 14.9 Å². The van der Waals surface area contributed by atoms with Crippen molar-refractivity contribution in [3.63, 3.8) is 0 Å². The van der Waals surface area contributed by atoms with Crippen molar-refractivity contribution in [2.24, 2.45) is 0 Å². The molecule has 1 fully saturated rings. The van der Waals surface area contributed by atoms with Gasteiger partial charge in [-0.2, -0.15) is 13.2 Å². The van der Waals surface area contributed by atoms with Crippen LogP contribution in [0.2, 0.25) is 0 Å². The molecular formula is C27H16BrF3N2O5. The number of anilines is 1. The molecule has 0 aliphatic carbocycles. The second-order valence-corrected chi connectivity index (χ2v) is 8.77. The topological polar surface area (TPSA) is 92.8 Å². The van der Waals surface area contributed by atoms with E-state index in [2.05, 4.69) is 15.9 Å². The fourth-order valence-electron chi connectivity index (χ4n) is 3.46. The number of amides is 4. The first-order valence-electron chi connectivity index (χ1n) is 10.9. The summed E-state index contributed by atoms with van der Waals surface area (Å²) in [5, 5.41) is 1.95. The van der Waals surface area contributed by atoms with E-state index in [1.807, 2.05) is 11.4 Å². The van der Waals surface area contributed by atoms with Crippen LogP contribution < -0.4 is 15.0 Å². The molecule has 7 nitrogen and oxygen atoms in total. The summed E-state index contributed by atoms with van der Waals surface area (Å²) < 4.78 is 45.4. The normalized spacial score (nSPS) is 15.2. The smallest absolute Gasteiger partial charge is 0.416 e. The van der Waals surface area contributed by atoms with Crippen LogP contribution in [0, 0.1) is 0 Å². The van der Waals surface area contributed by atoms with Gasteiger partial charge < -0.3 is 4.74 Å². The molecule has 1 aliphatic rings. The fourth-order valence-corrected chi connectivity index (χ4v) is 3.84. The average Bonchev–Trinajstić information content (AvgIpc) is 2.87. The number of rotatable bonds is 5. The number of nitrogens with zero attached hydrogens (tertiary/aromatic N) is 1. The Morgan fingerprint density at radius 2 is 1.68 bits per heavy atom. The van der Waals surface area contributed by atoms with Crippen molar-refractivity contribution >= 4 is 57.6 Å². The summed E-state index contributed by atoms with van der Waals surface area (Å²) in [5.74, 6) is -2.97. The van der Waals surface area contributed by atoms with Crippen molar-refractivity contribution in [3.05, 3.63) is 106 Å². The highest BCUT2D eigenvalue weighted by molar-refractivity contribution is 9.10. The molecule has 1 aliphatic heterocycles. The minimum Gasteiger partial charge on any atom is -0.423 e. The largest absolute Gasteiger partial charge is 0.423 e. The zero-order valence-electron chi connectivity index (χ0n) is 19.2. The lowest BCUT2D eigenvalue weighted by molar-refractivity contribution is -0.137. The van der Waals surface area contributed by atoms with Crippen LogP contribution in [-0.4, -0.2) is 23.8 Å². The molecule has 0 saturated carbocycles. The van der Waals surface area contributed by atoms with Gasteiger partial charge in [0.25, 0.3) is 11.8 Å². The third kappa shape index (κ3) is 6.06. The highest BCUT2D eigenvalue weighted by atomic mass is 79.9. The molecule has 1 N–H and O–H groups in total. The standard InChI is InChI=1S/C27H16BrF3N2O5/c28-19-10-11-22(38-23(34)12-9-16-5-2-1-3-6-16)17(13-19)14-21-24(35)32-26(37)33(25(21)36)20-8-4-7-18(15-20)27(29,30)31/h1-15H,(H,32,35,37)/b12-9+,21-14-. The third-order valence-corrected chi connectivity index (χ3v) is 5.72. The van der Waals surface area contributed by atoms with Gasteiger partial charge in [-0.25, -0.2) is 14.5 Å². The van der Waals surface area contributed by atoms with Crippen LogP contribution in [0.15, 0.2) is 88.9 Å². The fraction of sp³-hybridized carbons (Fsp3) is 0.0370. The summed E-state index contributed by atoms with van der Waals surface area (Å²) in [4.78, 5) is 50.9. The van der Waals surface area contributed by atoms with Crippen LogP contribution in [0.25, 0.3) is 12.2 Å². The molecule has 0 atom stereocenters. The number of ether oxygens (including phenoxy) is 1. The van der Waals surface area contributed by atoms with E-state index in [-0.39, 0.29) is 17.0 Å². The number of hydrogen-bond donors (Lipinski definition) is 1. The Kier molecular flexibility index (Phi) is 7.58. The Balaban J connectivity index is 1.66. The minimum absolute atomic E-state index is 0.00784. The summed E-state index contributed by atoms with van der Waals surface area (Å²) in [7, 11) is 0. The first kappa shape index (κ1) is 26.6. The Bertz CT molecular complexity index is 1500. The van der Waals surface area contributed by atoms with Crippen LogP contribution in [0.3, 0.4) is 0 Å². The number of carbonyl (C=O) groups excluding carboxylic acids is 4. The number of halogens is 4. The molecule has 0 bridgehead atoms. The molecule has 1 saturated heterocycles. The zero-order valence-corrected chi connectivity index (χ0v) is 20.7. The monoisotopic (exact) mass is 584 g/mol. The van der Waals surface area contributed by atoms with Crippen molar-refractivity contribution in [2.45, 2.75) is 6.18 Å². The minimum atomic E-state index is -4.72. The summed E-state index contributed by atoms with van der Waals surface area (Å²) in [6, 6.07) is 15.8. The number of imide groups is 2. The van der Waals surface area contributed by atoms with E-state index in [0.717, 1.165) is 29.8 Å². The van der Waals surface area contributed by atoms with Gasteiger partial charge in [0.05, 0.1) is 11.3 Å². The average molecular weight is 585 g/mol. The van der Waals surface area contributed by atoms with Crippen LogP contribution in [0.5, 0.6) is 5.75 Å². The van der Waals surface area contributed by atoms with Crippen LogP contribution in [0.1, 0.15) is 16.7 Å². The Labute approximate surface area is 222 Å². The highest BCUT2D eigenvalue weighted by Gasteiger charge is 2.38. The van der Waals surface area contributed by atoms with Crippen LogP contribution in [0.4, 0.5) is 23.7 Å². The Morgan fingerprint density at radius 3 is 2.39 bits per heavy atom. The maximum Gasteiger partial charge on any atom is 0.416 e. The quantitative estimate of drug-likeness (QED) is 0.178. The SMILES string of the molecule is O=C(/C=C/c1ccccc1)Oc1ccc(Br)cc1/C=C1/C(=O)NC(=O)N(c2cccc(C(F)(F)F)c2)C1=O. The van der Waals surface area contributed by atoms with Gasteiger partial charge in [0.1, 0.15) is 11.3 Å². The highest BCUT2D eigenvalue weighted by Crippen LogP contribution is 2.33. The summed E-state index contributed by atoms with van der Waals surface area (Å²) in [6.45, 7) is 0. The molecule has 0 unspecified atom stereocenters. The number of nitrogens with one attached hydrogen (secondary N) is 1. The predicted octanol–water partition coefficient (Wildman–Crippen LogP) is 5.75. The summed E-state index contributed by atoms with van der Waals surface area (Å²) in [5.41, 5.74) is -1.14.